The molecule has 1 aliphatic carbocycles. The highest BCUT2D eigenvalue weighted by Crippen LogP contribution is 2.33. The molecule has 0 heterocycles. The van der Waals surface area contributed by atoms with Gasteiger partial charge in [0.05, 0.1) is 30.3 Å². The molecule has 0 atom stereocenters. The van der Waals surface area contributed by atoms with E-state index in [1.54, 1.807) is 0 Å². The van der Waals surface area contributed by atoms with Crippen LogP contribution in [0.15, 0.2) is 0 Å². The normalized spacial score (nSPS) is 29.1. The molecule has 0 spiro atoms. The molecule has 0 aromatic carbocycles. The first kappa shape index (κ1) is 15.4. The molecule has 1 aliphatic rings. The number of ether oxygens (including phenoxy) is 2. The lowest BCUT2D eigenvalue weighted by atomic mass is 9.79. The Balaban J connectivity index is 2.39. The van der Waals surface area contributed by atoms with Crippen molar-refractivity contribution in [3.63, 3.8) is 0 Å². The van der Waals surface area contributed by atoms with E-state index in [9.17, 15) is 9.90 Å². The third-order valence-electron chi connectivity index (χ3n) is 3.31. The summed E-state index contributed by atoms with van der Waals surface area (Å²) in [5.74, 6) is -0.184. The van der Waals surface area contributed by atoms with Crippen LogP contribution in [0.5, 0.6) is 0 Å². The van der Waals surface area contributed by atoms with Crippen molar-refractivity contribution in [2.24, 2.45) is 5.92 Å². The minimum absolute atomic E-state index is 0.0557. The van der Waals surface area contributed by atoms with Crippen LogP contribution in [-0.4, -0.2) is 35.5 Å². The number of esters is 1. The first-order valence-electron chi connectivity index (χ1n) is 6.79. The van der Waals surface area contributed by atoms with Crippen molar-refractivity contribution in [3.05, 3.63) is 0 Å². The Kier molecular flexibility index (Phi) is 5.17. The van der Waals surface area contributed by atoms with Crippen molar-refractivity contribution < 1.29 is 19.4 Å². The highest BCUT2D eigenvalue weighted by atomic mass is 16.5. The van der Waals surface area contributed by atoms with Gasteiger partial charge in [-0.3, -0.25) is 4.79 Å². The number of rotatable bonds is 4. The fourth-order valence-electron chi connectivity index (χ4n) is 2.15. The molecule has 0 aliphatic heterocycles. The van der Waals surface area contributed by atoms with E-state index in [1.165, 1.54) is 0 Å². The highest BCUT2D eigenvalue weighted by Gasteiger charge is 2.37. The van der Waals surface area contributed by atoms with Gasteiger partial charge in [-0.05, 0) is 53.4 Å². The van der Waals surface area contributed by atoms with Crippen LogP contribution in [-0.2, 0) is 14.3 Å². The van der Waals surface area contributed by atoms with Gasteiger partial charge in [0.25, 0.3) is 0 Å². The van der Waals surface area contributed by atoms with Crippen molar-refractivity contribution >= 4 is 5.97 Å². The molecule has 4 nitrogen and oxygen atoms in total. The predicted molar refractivity (Wildman–Crippen MR) is 69.2 cm³/mol. The van der Waals surface area contributed by atoms with E-state index in [0.29, 0.717) is 38.9 Å². The standard InChI is InChI=1S/C14H26O4/c1-5-17-12(15)11-6-8-14(16,9-7-11)10-18-13(2,3)4/h11,16H,5-10H2,1-4H3. The molecule has 0 aromatic heterocycles. The second-order valence-corrected chi connectivity index (χ2v) is 6.15. The predicted octanol–water partition coefficient (Wildman–Crippen LogP) is 2.29. The van der Waals surface area contributed by atoms with Crippen LogP contribution in [0.2, 0.25) is 0 Å². The molecule has 1 rings (SSSR count). The van der Waals surface area contributed by atoms with Crippen molar-refractivity contribution in [2.75, 3.05) is 13.2 Å². The fourth-order valence-corrected chi connectivity index (χ4v) is 2.15. The molecule has 106 valence electrons. The highest BCUT2D eigenvalue weighted by molar-refractivity contribution is 5.72. The average Bonchev–Trinajstić information content (AvgIpc) is 2.27. The van der Waals surface area contributed by atoms with E-state index in [0.717, 1.165) is 0 Å². The zero-order valence-corrected chi connectivity index (χ0v) is 12.0. The van der Waals surface area contributed by atoms with Crippen LogP contribution in [0.25, 0.3) is 0 Å². The van der Waals surface area contributed by atoms with Crippen molar-refractivity contribution in [1.82, 2.24) is 0 Å². The Morgan fingerprint density at radius 1 is 1.33 bits per heavy atom. The van der Waals surface area contributed by atoms with E-state index in [2.05, 4.69) is 0 Å². The molecular formula is C14H26O4. The quantitative estimate of drug-likeness (QED) is 0.786. The molecule has 18 heavy (non-hydrogen) atoms. The molecular weight excluding hydrogens is 232 g/mol. The van der Waals surface area contributed by atoms with Crippen LogP contribution < -0.4 is 0 Å². The first-order chi connectivity index (χ1) is 8.26. The van der Waals surface area contributed by atoms with Crippen LogP contribution in [0, 0.1) is 5.92 Å². The lowest BCUT2D eigenvalue weighted by Gasteiger charge is -2.36. The second kappa shape index (κ2) is 6.02. The maximum atomic E-state index is 11.6. The topological polar surface area (TPSA) is 55.8 Å². The Labute approximate surface area is 110 Å². The van der Waals surface area contributed by atoms with E-state index in [4.69, 9.17) is 9.47 Å². The van der Waals surface area contributed by atoms with Gasteiger partial charge in [0.1, 0.15) is 0 Å². The van der Waals surface area contributed by atoms with Gasteiger partial charge < -0.3 is 14.6 Å². The Hall–Kier alpha value is -0.610. The Morgan fingerprint density at radius 2 is 1.89 bits per heavy atom. The lowest BCUT2D eigenvalue weighted by Crippen LogP contribution is -2.42. The van der Waals surface area contributed by atoms with Gasteiger partial charge in [-0.1, -0.05) is 0 Å². The molecule has 0 saturated heterocycles. The Morgan fingerprint density at radius 3 is 2.33 bits per heavy atom. The summed E-state index contributed by atoms with van der Waals surface area (Å²) in [6.07, 6.45) is 2.57. The molecule has 0 aromatic rings. The number of carbonyl (C=O) groups excluding carboxylic acids is 1. The van der Waals surface area contributed by atoms with Gasteiger partial charge in [-0.15, -0.1) is 0 Å². The summed E-state index contributed by atoms with van der Waals surface area (Å²) < 4.78 is 10.7. The van der Waals surface area contributed by atoms with Crippen LogP contribution in [0.4, 0.5) is 0 Å². The van der Waals surface area contributed by atoms with Crippen molar-refractivity contribution in [1.29, 1.82) is 0 Å². The van der Waals surface area contributed by atoms with Crippen LogP contribution in [0.3, 0.4) is 0 Å². The number of carbonyl (C=O) groups is 1. The summed E-state index contributed by atoms with van der Waals surface area (Å²) >= 11 is 0. The number of hydrogen-bond acceptors (Lipinski definition) is 4. The van der Waals surface area contributed by atoms with Crippen LogP contribution >= 0.6 is 0 Å². The summed E-state index contributed by atoms with van der Waals surface area (Å²) in [5, 5.41) is 10.4. The molecule has 0 unspecified atom stereocenters. The number of aliphatic hydroxyl groups is 1. The first-order valence-corrected chi connectivity index (χ1v) is 6.79. The van der Waals surface area contributed by atoms with Gasteiger partial charge >= 0.3 is 5.97 Å². The minimum atomic E-state index is -0.781. The van der Waals surface area contributed by atoms with Crippen molar-refractivity contribution in [2.45, 2.75) is 64.6 Å². The average molecular weight is 258 g/mol. The van der Waals surface area contributed by atoms with E-state index in [1.807, 2.05) is 27.7 Å². The molecule has 1 fully saturated rings. The third-order valence-corrected chi connectivity index (χ3v) is 3.31. The van der Waals surface area contributed by atoms with Gasteiger partial charge in [0, 0.05) is 0 Å². The van der Waals surface area contributed by atoms with Crippen molar-refractivity contribution in [3.8, 4) is 0 Å². The molecule has 1 saturated carbocycles. The summed E-state index contributed by atoms with van der Waals surface area (Å²) in [4.78, 5) is 11.6. The maximum Gasteiger partial charge on any atom is 0.308 e. The molecule has 0 radical (unpaired) electrons. The van der Waals surface area contributed by atoms with Gasteiger partial charge in [0.2, 0.25) is 0 Å². The summed E-state index contributed by atoms with van der Waals surface area (Å²) in [6, 6.07) is 0. The number of hydrogen-bond donors (Lipinski definition) is 1. The van der Waals surface area contributed by atoms with Gasteiger partial charge in [0.15, 0.2) is 0 Å². The maximum absolute atomic E-state index is 11.6. The molecule has 1 N–H and O–H groups in total. The minimum Gasteiger partial charge on any atom is -0.466 e. The summed E-state index contributed by atoms with van der Waals surface area (Å²) in [7, 11) is 0. The smallest absolute Gasteiger partial charge is 0.308 e. The zero-order valence-electron chi connectivity index (χ0n) is 12.0. The van der Waals surface area contributed by atoms with E-state index < -0.39 is 5.60 Å². The van der Waals surface area contributed by atoms with E-state index >= 15 is 0 Å². The molecule has 0 bridgehead atoms. The SMILES string of the molecule is CCOC(=O)C1CCC(O)(COC(C)(C)C)CC1. The van der Waals surface area contributed by atoms with Gasteiger partial charge in [-0.25, -0.2) is 0 Å². The van der Waals surface area contributed by atoms with E-state index in [-0.39, 0.29) is 17.5 Å². The lowest BCUT2D eigenvalue weighted by molar-refractivity contribution is -0.154. The summed E-state index contributed by atoms with van der Waals surface area (Å²) in [6.45, 7) is 8.49. The largest absolute Gasteiger partial charge is 0.466 e. The molecule has 0 amide bonds. The monoisotopic (exact) mass is 258 g/mol. The second-order valence-electron chi connectivity index (χ2n) is 6.15. The molecule has 4 heteroatoms. The zero-order chi connectivity index (χ0) is 13.8. The van der Waals surface area contributed by atoms with Gasteiger partial charge in [-0.2, -0.15) is 0 Å². The fraction of sp³-hybridized carbons (Fsp3) is 0.929. The van der Waals surface area contributed by atoms with Crippen LogP contribution in [0.1, 0.15) is 53.4 Å². The summed E-state index contributed by atoms with van der Waals surface area (Å²) in [5.41, 5.74) is -1.02. The Bertz CT molecular complexity index is 272. The third kappa shape index (κ3) is 4.94.